The van der Waals surface area contributed by atoms with Gasteiger partial charge in [0.2, 0.25) is 0 Å². The highest BCUT2D eigenvalue weighted by molar-refractivity contribution is 6.99. The molecule has 0 fully saturated rings. The van der Waals surface area contributed by atoms with E-state index in [1.54, 1.807) is 12.5 Å². The Bertz CT molecular complexity index is 423. The lowest BCUT2D eigenvalue weighted by Gasteiger charge is -2.12. The van der Waals surface area contributed by atoms with Gasteiger partial charge in [-0.25, -0.2) is 4.98 Å². The first-order valence-electron chi connectivity index (χ1n) is 5.16. The van der Waals surface area contributed by atoms with E-state index in [1.165, 1.54) is 11.7 Å². The van der Waals surface area contributed by atoms with Gasteiger partial charge in [-0.05, 0) is 14.0 Å². The molecule has 0 saturated carbocycles. The van der Waals surface area contributed by atoms with E-state index in [-0.39, 0.29) is 6.04 Å². The van der Waals surface area contributed by atoms with Crippen molar-refractivity contribution in [2.75, 3.05) is 7.05 Å². The molecule has 7 heteroatoms. The minimum atomic E-state index is 0.147. The molecule has 16 heavy (non-hydrogen) atoms. The van der Waals surface area contributed by atoms with E-state index in [2.05, 4.69) is 31.1 Å². The Labute approximate surface area is 98.1 Å². The van der Waals surface area contributed by atoms with Gasteiger partial charge >= 0.3 is 0 Å². The highest BCUT2D eigenvalue weighted by atomic mass is 32.1. The molecule has 0 aromatic carbocycles. The van der Waals surface area contributed by atoms with Crippen molar-refractivity contribution >= 4 is 11.7 Å². The van der Waals surface area contributed by atoms with Crippen LogP contribution >= 0.6 is 11.7 Å². The van der Waals surface area contributed by atoms with Gasteiger partial charge in [0.15, 0.2) is 0 Å². The third-order valence-corrected chi connectivity index (χ3v) is 2.96. The van der Waals surface area contributed by atoms with E-state index in [1.807, 2.05) is 11.7 Å². The number of aryl methyl sites for hydroxylation is 1. The Morgan fingerprint density at radius 3 is 3.06 bits per heavy atom. The SMILES string of the molecule is CCn1ncnc1CC(NC)c1cnsn1. The summed E-state index contributed by atoms with van der Waals surface area (Å²) in [6, 6.07) is 0.147. The van der Waals surface area contributed by atoms with Crippen LogP contribution in [0.3, 0.4) is 0 Å². The molecule has 0 saturated heterocycles. The van der Waals surface area contributed by atoms with Crippen LogP contribution in [0.4, 0.5) is 0 Å². The average Bonchev–Trinajstić information content (AvgIpc) is 2.96. The maximum Gasteiger partial charge on any atom is 0.138 e. The van der Waals surface area contributed by atoms with Gasteiger partial charge in [-0.15, -0.1) is 0 Å². The molecular weight excluding hydrogens is 224 g/mol. The molecule has 1 unspecified atom stereocenters. The van der Waals surface area contributed by atoms with E-state index >= 15 is 0 Å². The van der Waals surface area contributed by atoms with E-state index in [0.717, 1.165) is 24.5 Å². The topological polar surface area (TPSA) is 68.5 Å². The quantitative estimate of drug-likeness (QED) is 0.828. The third-order valence-electron chi connectivity index (χ3n) is 2.47. The zero-order chi connectivity index (χ0) is 11.4. The Morgan fingerprint density at radius 1 is 1.56 bits per heavy atom. The molecule has 0 aliphatic carbocycles. The fourth-order valence-electron chi connectivity index (χ4n) is 1.57. The third kappa shape index (κ3) is 2.25. The maximum atomic E-state index is 4.25. The minimum absolute atomic E-state index is 0.147. The van der Waals surface area contributed by atoms with Crippen LogP contribution in [0.5, 0.6) is 0 Å². The Balaban J connectivity index is 2.13. The second-order valence-corrected chi connectivity index (χ2v) is 3.93. The van der Waals surface area contributed by atoms with E-state index in [4.69, 9.17) is 0 Å². The molecule has 2 aromatic rings. The van der Waals surface area contributed by atoms with Gasteiger partial charge in [-0.1, -0.05) is 0 Å². The molecule has 1 atom stereocenters. The summed E-state index contributed by atoms with van der Waals surface area (Å²) in [6.07, 6.45) is 4.15. The highest BCUT2D eigenvalue weighted by Crippen LogP contribution is 2.14. The summed E-state index contributed by atoms with van der Waals surface area (Å²) in [5.74, 6) is 0.967. The van der Waals surface area contributed by atoms with Crippen molar-refractivity contribution in [2.45, 2.75) is 25.9 Å². The summed E-state index contributed by atoms with van der Waals surface area (Å²) in [5.41, 5.74) is 0.957. The zero-order valence-corrected chi connectivity index (χ0v) is 10.1. The first kappa shape index (κ1) is 11.2. The predicted molar refractivity (Wildman–Crippen MR) is 61.1 cm³/mol. The largest absolute Gasteiger partial charge is 0.311 e. The smallest absolute Gasteiger partial charge is 0.138 e. The van der Waals surface area contributed by atoms with Gasteiger partial charge in [0, 0.05) is 13.0 Å². The molecule has 1 N–H and O–H groups in total. The lowest BCUT2D eigenvalue weighted by Crippen LogP contribution is -2.21. The first-order valence-corrected chi connectivity index (χ1v) is 5.89. The summed E-state index contributed by atoms with van der Waals surface area (Å²) < 4.78 is 10.1. The lowest BCUT2D eigenvalue weighted by atomic mass is 10.1. The normalized spacial score (nSPS) is 12.9. The van der Waals surface area contributed by atoms with Crippen LogP contribution in [0.2, 0.25) is 0 Å². The van der Waals surface area contributed by atoms with Gasteiger partial charge in [0.25, 0.3) is 0 Å². The second-order valence-electron chi connectivity index (χ2n) is 3.37. The van der Waals surface area contributed by atoms with Crippen LogP contribution in [-0.2, 0) is 13.0 Å². The van der Waals surface area contributed by atoms with Crippen LogP contribution in [0.1, 0.15) is 24.5 Å². The van der Waals surface area contributed by atoms with Crippen LogP contribution in [0.15, 0.2) is 12.5 Å². The van der Waals surface area contributed by atoms with Crippen molar-refractivity contribution in [3.63, 3.8) is 0 Å². The number of hydrogen-bond donors (Lipinski definition) is 1. The fourth-order valence-corrected chi connectivity index (χ4v) is 2.04. The summed E-state index contributed by atoms with van der Waals surface area (Å²) in [7, 11) is 1.91. The Morgan fingerprint density at radius 2 is 2.44 bits per heavy atom. The van der Waals surface area contributed by atoms with Gasteiger partial charge in [0.1, 0.15) is 12.2 Å². The number of likely N-dealkylation sites (N-methyl/N-ethyl adjacent to an activating group) is 1. The second kappa shape index (κ2) is 5.13. The number of nitrogens with zero attached hydrogens (tertiary/aromatic N) is 5. The molecule has 2 rings (SSSR count). The predicted octanol–water partition coefficient (Wildman–Crippen LogP) is 0.653. The molecule has 0 aliphatic heterocycles. The maximum absolute atomic E-state index is 4.25. The summed E-state index contributed by atoms with van der Waals surface area (Å²) in [4.78, 5) is 4.25. The molecule has 0 spiro atoms. The molecule has 0 bridgehead atoms. The van der Waals surface area contributed by atoms with Gasteiger partial charge in [-0.3, -0.25) is 4.68 Å². The lowest BCUT2D eigenvalue weighted by molar-refractivity contribution is 0.527. The molecule has 2 heterocycles. The number of nitrogens with one attached hydrogen (secondary N) is 1. The van der Waals surface area contributed by atoms with E-state index in [9.17, 15) is 0 Å². The van der Waals surface area contributed by atoms with Crippen molar-refractivity contribution in [1.29, 1.82) is 0 Å². The van der Waals surface area contributed by atoms with Gasteiger partial charge in [-0.2, -0.15) is 13.8 Å². The van der Waals surface area contributed by atoms with Crippen molar-refractivity contribution < 1.29 is 0 Å². The van der Waals surface area contributed by atoms with Crippen molar-refractivity contribution in [1.82, 2.24) is 28.8 Å². The molecule has 0 radical (unpaired) electrons. The first-order chi connectivity index (χ1) is 7.85. The summed E-state index contributed by atoms with van der Waals surface area (Å²) in [5, 5.41) is 7.36. The van der Waals surface area contributed by atoms with Crippen molar-refractivity contribution in [3.8, 4) is 0 Å². The van der Waals surface area contributed by atoms with Crippen LogP contribution in [0, 0.1) is 0 Å². The molecule has 6 nitrogen and oxygen atoms in total. The van der Waals surface area contributed by atoms with Crippen LogP contribution in [-0.4, -0.2) is 30.6 Å². The van der Waals surface area contributed by atoms with E-state index in [0.29, 0.717) is 0 Å². The average molecular weight is 238 g/mol. The van der Waals surface area contributed by atoms with E-state index < -0.39 is 0 Å². The highest BCUT2D eigenvalue weighted by Gasteiger charge is 2.15. The number of hydrogen-bond acceptors (Lipinski definition) is 6. The molecule has 2 aromatic heterocycles. The molecular formula is C9H14N6S. The standard InChI is InChI=1S/C9H14N6S/c1-3-15-9(11-6-12-15)4-7(10-2)8-5-13-16-14-8/h5-7,10H,3-4H2,1-2H3. The summed E-state index contributed by atoms with van der Waals surface area (Å²) in [6.45, 7) is 2.89. The van der Waals surface area contributed by atoms with Crippen LogP contribution in [0.25, 0.3) is 0 Å². The molecule has 0 aliphatic rings. The number of aromatic nitrogens is 5. The van der Waals surface area contributed by atoms with Gasteiger partial charge in [0.05, 0.1) is 29.7 Å². The number of rotatable bonds is 5. The zero-order valence-electron chi connectivity index (χ0n) is 9.29. The van der Waals surface area contributed by atoms with Crippen molar-refractivity contribution in [2.24, 2.45) is 0 Å². The molecule has 0 amide bonds. The minimum Gasteiger partial charge on any atom is -0.311 e. The van der Waals surface area contributed by atoms with Crippen LogP contribution < -0.4 is 5.32 Å². The summed E-state index contributed by atoms with van der Waals surface area (Å²) >= 11 is 1.22. The Kier molecular flexibility index (Phi) is 3.58. The monoisotopic (exact) mass is 238 g/mol. The van der Waals surface area contributed by atoms with Crippen molar-refractivity contribution in [3.05, 3.63) is 24.0 Å². The Hall–Kier alpha value is -1.34. The fraction of sp³-hybridized carbons (Fsp3) is 0.556. The molecule has 86 valence electrons. The van der Waals surface area contributed by atoms with Gasteiger partial charge < -0.3 is 5.32 Å².